The maximum Gasteiger partial charge on any atom is 0.234 e. The number of aromatic nitrogens is 2. The number of hydrogen-bond donors (Lipinski definition) is 2. The largest absolute Gasteiger partial charge is 0.508 e. The van der Waals surface area contributed by atoms with E-state index in [1.54, 1.807) is 24.3 Å². The van der Waals surface area contributed by atoms with E-state index in [4.69, 9.17) is 10.3 Å². The SMILES string of the molecule is CC1(c2nc(-c3ccc(O)cc3)no2)CCCC1N. The van der Waals surface area contributed by atoms with E-state index in [-0.39, 0.29) is 17.2 Å². The molecule has 5 nitrogen and oxygen atoms in total. The summed E-state index contributed by atoms with van der Waals surface area (Å²) in [7, 11) is 0. The lowest BCUT2D eigenvalue weighted by Crippen LogP contribution is -2.38. The molecule has 3 rings (SSSR count). The number of nitrogens with two attached hydrogens (primary N) is 1. The van der Waals surface area contributed by atoms with Gasteiger partial charge in [0.25, 0.3) is 0 Å². The Morgan fingerprint density at radius 3 is 2.74 bits per heavy atom. The van der Waals surface area contributed by atoms with Gasteiger partial charge in [0.05, 0.1) is 5.41 Å². The van der Waals surface area contributed by atoms with Crippen molar-refractivity contribution in [2.75, 3.05) is 0 Å². The van der Waals surface area contributed by atoms with Crippen molar-refractivity contribution >= 4 is 0 Å². The van der Waals surface area contributed by atoms with Gasteiger partial charge in [-0.2, -0.15) is 4.98 Å². The summed E-state index contributed by atoms with van der Waals surface area (Å²) in [6, 6.07) is 6.81. The number of aromatic hydroxyl groups is 1. The number of benzene rings is 1. The van der Waals surface area contributed by atoms with E-state index in [1.165, 1.54) is 0 Å². The first kappa shape index (κ1) is 12.2. The molecule has 19 heavy (non-hydrogen) atoms. The summed E-state index contributed by atoms with van der Waals surface area (Å²) in [6.45, 7) is 2.08. The molecule has 5 heteroatoms. The average Bonchev–Trinajstić information content (AvgIpc) is 3.00. The molecule has 0 spiro atoms. The Labute approximate surface area is 111 Å². The second-order valence-corrected chi connectivity index (χ2v) is 5.39. The van der Waals surface area contributed by atoms with Crippen molar-refractivity contribution in [3.63, 3.8) is 0 Å². The number of rotatable bonds is 2. The van der Waals surface area contributed by atoms with Gasteiger partial charge >= 0.3 is 0 Å². The Kier molecular flexibility index (Phi) is 2.78. The van der Waals surface area contributed by atoms with Crippen molar-refractivity contribution in [1.82, 2.24) is 10.1 Å². The zero-order valence-corrected chi connectivity index (χ0v) is 10.8. The van der Waals surface area contributed by atoms with Crippen molar-refractivity contribution in [3.05, 3.63) is 30.2 Å². The molecule has 0 saturated heterocycles. The van der Waals surface area contributed by atoms with Crippen LogP contribution in [0.15, 0.2) is 28.8 Å². The first-order chi connectivity index (χ1) is 9.09. The van der Waals surface area contributed by atoms with Crippen LogP contribution in [0.4, 0.5) is 0 Å². The molecule has 2 aromatic rings. The first-order valence-electron chi connectivity index (χ1n) is 6.49. The van der Waals surface area contributed by atoms with Crippen LogP contribution < -0.4 is 5.73 Å². The lowest BCUT2D eigenvalue weighted by molar-refractivity contribution is 0.278. The standard InChI is InChI=1S/C14H17N3O2/c1-14(8-2-3-11(14)15)13-16-12(17-19-13)9-4-6-10(18)7-5-9/h4-7,11,18H,2-3,8,15H2,1H3. The highest BCUT2D eigenvalue weighted by atomic mass is 16.5. The van der Waals surface area contributed by atoms with Crippen LogP contribution in [-0.4, -0.2) is 21.3 Å². The van der Waals surface area contributed by atoms with Crippen molar-refractivity contribution < 1.29 is 9.63 Å². The van der Waals surface area contributed by atoms with Gasteiger partial charge in [-0.1, -0.05) is 11.6 Å². The fraction of sp³-hybridized carbons (Fsp3) is 0.429. The summed E-state index contributed by atoms with van der Waals surface area (Å²) in [6.07, 6.45) is 3.06. The van der Waals surface area contributed by atoms with Gasteiger partial charge < -0.3 is 15.4 Å². The van der Waals surface area contributed by atoms with Gasteiger partial charge in [-0.05, 0) is 44.0 Å². The third-order valence-electron chi connectivity index (χ3n) is 4.07. The molecule has 1 heterocycles. The van der Waals surface area contributed by atoms with E-state index in [0.29, 0.717) is 11.7 Å². The molecule has 1 aliphatic carbocycles. The van der Waals surface area contributed by atoms with Crippen LogP contribution >= 0.6 is 0 Å². The van der Waals surface area contributed by atoms with Crippen molar-refractivity contribution in [2.45, 2.75) is 37.6 Å². The fourth-order valence-electron chi connectivity index (χ4n) is 2.64. The highest BCUT2D eigenvalue weighted by molar-refractivity contribution is 5.55. The Bertz CT molecular complexity index is 579. The molecule has 1 saturated carbocycles. The molecule has 0 bridgehead atoms. The molecule has 1 aromatic heterocycles. The quantitative estimate of drug-likeness (QED) is 0.863. The molecule has 1 aromatic carbocycles. The Morgan fingerprint density at radius 2 is 2.11 bits per heavy atom. The molecular formula is C14H17N3O2. The van der Waals surface area contributed by atoms with Gasteiger partial charge in [-0.15, -0.1) is 0 Å². The highest BCUT2D eigenvalue weighted by Crippen LogP contribution is 2.39. The number of nitrogens with zero attached hydrogens (tertiary/aromatic N) is 2. The molecule has 0 amide bonds. The topological polar surface area (TPSA) is 85.2 Å². The van der Waals surface area contributed by atoms with Crippen molar-refractivity contribution in [1.29, 1.82) is 0 Å². The summed E-state index contributed by atoms with van der Waals surface area (Å²) in [5.41, 5.74) is 6.75. The van der Waals surface area contributed by atoms with Gasteiger partial charge in [0.1, 0.15) is 5.75 Å². The van der Waals surface area contributed by atoms with E-state index in [1.807, 2.05) is 0 Å². The number of hydrogen-bond acceptors (Lipinski definition) is 5. The maximum atomic E-state index is 9.28. The van der Waals surface area contributed by atoms with Crippen LogP contribution in [0.1, 0.15) is 32.1 Å². The van der Waals surface area contributed by atoms with Crippen LogP contribution in [0.3, 0.4) is 0 Å². The van der Waals surface area contributed by atoms with Crippen molar-refractivity contribution in [2.24, 2.45) is 5.73 Å². The van der Waals surface area contributed by atoms with Crippen LogP contribution in [0.25, 0.3) is 11.4 Å². The smallest absolute Gasteiger partial charge is 0.234 e. The first-order valence-corrected chi connectivity index (χ1v) is 6.49. The predicted molar refractivity (Wildman–Crippen MR) is 70.6 cm³/mol. The number of phenolic OH excluding ortho intramolecular Hbond substituents is 1. The van der Waals surface area contributed by atoms with E-state index < -0.39 is 0 Å². The van der Waals surface area contributed by atoms with Gasteiger partial charge in [0, 0.05) is 11.6 Å². The minimum Gasteiger partial charge on any atom is -0.508 e. The minimum atomic E-state index is -0.220. The molecule has 2 atom stereocenters. The molecule has 1 aliphatic rings. The molecule has 1 fully saturated rings. The molecule has 2 unspecified atom stereocenters. The lowest BCUT2D eigenvalue weighted by atomic mass is 9.85. The van der Waals surface area contributed by atoms with E-state index in [0.717, 1.165) is 24.8 Å². The molecule has 3 N–H and O–H groups in total. The van der Waals surface area contributed by atoms with E-state index in [9.17, 15) is 5.11 Å². The third kappa shape index (κ3) is 2.00. The maximum absolute atomic E-state index is 9.28. The van der Waals surface area contributed by atoms with Gasteiger partial charge in [0.2, 0.25) is 11.7 Å². The summed E-state index contributed by atoms with van der Waals surface area (Å²) < 4.78 is 5.40. The summed E-state index contributed by atoms with van der Waals surface area (Å²) in [4.78, 5) is 4.47. The molecular weight excluding hydrogens is 242 g/mol. The average molecular weight is 259 g/mol. The van der Waals surface area contributed by atoms with E-state index >= 15 is 0 Å². The Morgan fingerprint density at radius 1 is 1.37 bits per heavy atom. The lowest BCUT2D eigenvalue weighted by Gasteiger charge is -2.23. The van der Waals surface area contributed by atoms with E-state index in [2.05, 4.69) is 17.1 Å². The number of phenols is 1. The van der Waals surface area contributed by atoms with Crippen LogP contribution in [0, 0.1) is 0 Å². The zero-order valence-electron chi connectivity index (χ0n) is 10.8. The Balaban J connectivity index is 1.93. The van der Waals surface area contributed by atoms with Gasteiger partial charge in [-0.25, -0.2) is 0 Å². The summed E-state index contributed by atoms with van der Waals surface area (Å²) >= 11 is 0. The third-order valence-corrected chi connectivity index (χ3v) is 4.07. The van der Waals surface area contributed by atoms with Crippen LogP contribution in [0.5, 0.6) is 5.75 Å². The van der Waals surface area contributed by atoms with Crippen LogP contribution in [0.2, 0.25) is 0 Å². The highest BCUT2D eigenvalue weighted by Gasteiger charge is 2.42. The Hall–Kier alpha value is -1.88. The second kappa shape index (κ2) is 4.35. The van der Waals surface area contributed by atoms with Crippen LogP contribution in [-0.2, 0) is 5.41 Å². The van der Waals surface area contributed by atoms with Gasteiger partial charge in [0.15, 0.2) is 0 Å². The molecule has 100 valence electrons. The normalized spacial score (nSPS) is 26.7. The second-order valence-electron chi connectivity index (χ2n) is 5.39. The van der Waals surface area contributed by atoms with Crippen molar-refractivity contribution in [3.8, 4) is 17.1 Å². The fourth-order valence-corrected chi connectivity index (χ4v) is 2.64. The predicted octanol–water partition coefficient (Wildman–Crippen LogP) is 2.21. The minimum absolute atomic E-state index is 0.0700. The monoisotopic (exact) mass is 259 g/mol. The molecule has 0 radical (unpaired) electrons. The molecule has 0 aliphatic heterocycles. The zero-order chi connectivity index (χ0) is 13.5. The summed E-state index contributed by atoms with van der Waals surface area (Å²) in [5, 5.41) is 13.3. The summed E-state index contributed by atoms with van der Waals surface area (Å²) in [5.74, 6) is 1.37. The van der Waals surface area contributed by atoms with Gasteiger partial charge in [-0.3, -0.25) is 0 Å².